The van der Waals surface area contributed by atoms with E-state index in [1.807, 2.05) is 27.1 Å². The van der Waals surface area contributed by atoms with Gasteiger partial charge < -0.3 is 20.3 Å². The normalized spacial score (nSPS) is 14.0. The molecule has 1 heterocycles. The molecule has 2 N–H and O–H groups in total. The molecule has 0 amide bonds. The van der Waals surface area contributed by atoms with E-state index in [2.05, 4.69) is 75.9 Å². The summed E-state index contributed by atoms with van der Waals surface area (Å²) in [5.74, 6) is 0.849. The molecule has 0 saturated heterocycles. The Morgan fingerprint density at radius 3 is 2.53 bits per heavy atom. The molecule has 2 rings (SSSR count). The topological polar surface area (TPSA) is 61.8 Å². The summed E-state index contributed by atoms with van der Waals surface area (Å²) in [5, 5.41) is 10.3. The Labute approximate surface area is 202 Å². The molecular formula is C22H36IN5OS. The second kappa shape index (κ2) is 12.6. The van der Waals surface area contributed by atoms with E-state index in [1.54, 1.807) is 18.4 Å². The van der Waals surface area contributed by atoms with Crippen LogP contribution in [0.2, 0.25) is 0 Å². The highest BCUT2D eigenvalue weighted by Gasteiger charge is 2.22. The highest BCUT2D eigenvalue weighted by Crippen LogP contribution is 2.21. The van der Waals surface area contributed by atoms with Crippen LogP contribution in [0, 0.1) is 0 Å². The summed E-state index contributed by atoms with van der Waals surface area (Å²) in [5.41, 5.74) is 2.20. The van der Waals surface area contributed by atoms with Crippen molar-refractivity contribution < 1.29 is 4.74 Å². The van der Waals surface area contributed by atoms with Gasteiger partial charge in [-0.25, -0.2) is 4.98 Å². The molecule has 8 heteroatoms. The number of thiazole rings is 1. The molecule has 168 valence electrons. The number of rotatable bonds is 9. The third-order valence-corrected chi connectivity index (χ3v) is 5.89. The number of hydrogen-bond donors (Lipinski definition) is 2. The Bertz CT molecular complexity index is 781. The average molecular weight is 546 g/mol. The van der Waals surface area contributed by atoms with E-state index in [9.17, 15) is 0 Å². The molecular weight excluding hydrogens is 509 g/mol. The van der Waals surface area contributed by atoms with Crippen LogP contribution in [0.4, 0.5) is 0 Å². The Morgan fingerprint density at radius 2 is 1.93 bits per heavy atom. The minimum Gasteiger partial charge on any atom is -0.375 e. The maximum atomic E-state index is 5.35. The Morgan fingerprint density at radius 1 is 1.27 bits per heavy atom. The summed E-state index contributed by atoms with van der Waals surface area (Å²) in [4.78, 5) is 11.2. The van der Waals surface area contributed by atoms with E-state index in [-0.39, 0.29) is 41.7 Å². The SMILES string of the molecule is CN=C(NCC(C)(C)NC(C)c1ccccc1)N(C)Cc1csc(C(C)OC)n1.I. The maximum absolute atomic E-state index is 5.35. The van der Waals surface area contributed by atoms with Gasteiger partial charge in [0.15, 0.2) is 5.96 Å². The third-order valence-electron chi connectivity index (χ3n) is 4.84. The van der Waals surface area contributed by atoms with Crippen LogP contribution in [0.15, 0.2) is 40.7 Å². The van der Waals surface area contributed by atoms with Gasteiger partial charge in [-0.3, -0.25) is 4.99 Å². The first kappa shape index (κ1) is 26.8. The second-order valence-electron chi connectivity index (χ2n) is 7.97. The van der Waals surface area contributed by atoms with E-state index in [0.717, 1.165) is 23.2 Å². The number of aliphatic imine (C=N–C) groups is 1. The molecule has 0 bridgehead atoms. The van der Waals surface area contributed by atoms with E-state index in [0.29, 0.717) is 6.54 Å². The van der Waals surface area contributed by atoms with Gasteiger partial charge in [0.2, 0.25) is 0 Å². The third kappa shape index (κ3) is 8.13. The number of benzene rings is 1. The van der Waals surface area contributed by atoms with Gasteiger partial charge in [0.1, 0.15) is 11.1 Å². The lowest BCUT2D eigenvalue weighted by Gasteiger charge is -2.32. The molecule has 6 nitrogen and oxygen atoms in total. The van der Waals surface area contributed by atoms with Crippen LogP contribution in [0.1, 0.15) is 56.1 Å². The largest absolute Gasteiger partial charge is 0.375 e. The number of aromatic nitrogens is 1. The number of halogens is 1. The van der Waals surface area contributed by atoms with Crippen LogP contribution < -0.4 is 10.6 Å². The molecule has 0 fully saturated rings. The lowest BCUT2D eigenvalue weighted by Crippen LogP contribution is -2.52. The average Bonchev–Trinajstić information content (AvgIpc) is 3.16. The van der Waals surface area contributed by atoms with Gasteiger partial charge in [-0.05, 0) is 33.3 Å². The fourth-order valence-electron chi connectivity index (χ4n) is 3.15. The zero-order chi connectivity index (χ0) is 21.4. The van der Waals surface area contributed by atoms with E-state index in [4.69, 9.17) is 4.74 Å². The molecule has 2 aromatic rings. The van der Waals surface area contributed by atoms with Crippen molar-refractivity contribution in [1.82, 2.24) is 20.5 Å². The zero-order valence-corrected chi connectivity index (χ0v) is 22.2. The molecule has 30 heavy (non-hydrogen) atoms. The Hall–Kier alpha value is -1.23. The van der Waals surface area contributed by atoms with Gasteiger partial charge in [-0.2, -0.15) is 0 Å². The highest BCUT2D eigenvalue weighted by atomic mass is 127. The molecule has 2 atom stereocenters. The summed E-state index contributed by atoms with van der Waals surface area (Å²) in [6.45, 7) is 10.1. The van der Waals surface area contributed by atoms with E-state index in [1.165, 1.54) is 5.56 Å². The summed E-state index contributed by atoms with van der Waals surface area (Å²) in [6, 6.07) is 10.8. The predicted octanol–water partition coefficient (Wildman–Crippen LogP) is 4.61. The van der Waals surface area contributed by atoms with Crippen molar-refractivity contribution in [2.75, 3.05) is 27.7 Å². The molecule has 0 saturated carbocycles. The standard InChI is InChI=1S/C22H35N5OS.HI/c1-16(18-11-9-8-10-12-18)26-22(3,4)15-24-21(23-5)27(6)13-19-14-29-20(25-19)17(2)28-7;/h8-12,14,16-17,26H,13,15H2,1-7H3,(H,23,24);1H. The monoisotopic (exact) mass is 545 g/mol. The Balaban J connectivity index is 0.00000450. The van der Waals surface area contributed by atoms with Crippen molar-refractivity contribution in [3.8, 4) is 0 Å². The molecule has 0 spiro atoms. The zero-order valence-electron chi connectivity index (χ0n) is 19.1. The first-order valence-corrected chi connectivity index (χ1v) is 10.8. The first-order valence-electron chi connectivity index (χ1n) is 9.97. The molecule has 2 unspecified atom stereocenters. The van der Waals surface area contributed by atoms with Crippen LogP contribution >= 0.6 is 35.3 Å². The van der Waals surface area contributed by atoms with Gasteiger partial charge >= 0.3 is 0 Å². The van der Waals surface area contributed by atoms with Crippen molar-refractivity contribution >= 4 is 41.3 Å². The number of nitrogens with zero attached hydrogens (tertiary/aromatic N) is 3. The summed E-state index contributed by atoms with van der Waals surface area (Å²) < 4.78 is 5.35. The molecule has 0 aliphatic rings. The molecule has 0 radical (unpaired) electrons. The van der Waals surface area contributed by atoms with Crippen LogP contribution in [0.25, 0.3) is 0 Å². The minimum atomic E-state index is -0.103. The highest BCUT2D eigenvalue weighted by molar-refractivity contribution is 14.0. The Kier molecular flexibility index (Phi) is 11.2. The number of guanidine groups is 1. The number of methoxy groups -OCH3 is 1. The predicted molar refractivity (Wildman–Crippen MR) is 138 cm³/mol. The lowest BCUT2D eigenvalue weighted by atomic mass is 10.0. The first-order chi connectivity index (χ1) is 13.8. The smallest absolute Gasteiger partial charge is 0.193 e. The summed E-state index contributed by atoms with van der Waals surface area (Å²) in [7, 11) is 5.55. The van der Waals surface area contributed by atoms with Crippen molar-refractivity contribution in [3.05, 3.63) is 52.0 Å². The van der Waals surface area contributed by atoms with Crippen molar-refractivity contribution in [2.24, 2.45) is 4.99 Å². The summed E-state index contributed by atoms with van der Waals surface area (Å²) in [6.07, 6.45) is 0.0231. The lowest BCUT2D eigenvalue weighted by molar-refractivity contribution is 0.119. The van der Waals surface area contributed by atoms with Gasteiger partial charge in [-0.1, -0.05) is 30.3 Å². The van der Waals surface area contributed by atoms with Crippen LogP contribution in [0.3, 0.4) is 0 Å². The van der Waals surface area contributed by atoms with Crippen molar-refractivity contribution in [3.63, 3.8) is 0 Å². The van der Waals surface area contributed by atoms with Crippen molar-refractivity contribution in [2.45, 2.75) is 51.9 Å². The second-order valence-corrected chi connectivity index (χ2v) is 8.86. The van der Waals surface area contributed by atoms with Gasteiger partial charge in [0.25, 0.3) is 0 Å². The molecule has 0 aliphatic carbocycles. The van der Waals surface area contributed by atoms with E-state index < -0.39 is 0 Å². The number of ether oxygens (including phenoxy) is 1. The van der Waals surface area contributed by atoms with Crippen LogP contribution in [-0.4, -0.2) is 49.1 Å². The van der Waals surface area contributed by atoms with Crippen LogP contribution in [-0.2, 0) is 11.3 Å². The molecule has 1 aromatic heterocycles. The minimum absolute atomic E-state index is 0. The fourth-order valence-corrected chi connectivity index (χ4v) is 3.99. The number of nitrogens with one attached hydrogen (secondary N) is 2. The van der Waals surface area contributed by atoms with E-state index >= 15 is 0 Å². The fraction of sp³-hybridized carbons (Fsp3) is 0.545. The van der Waals surface area contributed by atoms with Gasteiger partial charge in [-0.15, -0.1) is 35.3 Å². The molecule has 0 aliphatic heterocycles. The number of hydrogen-bond acceptors (Lipinski definition) is 5. The van der Waals surface area contributed by atoms with Gasteiger partial charge in [0, 0.05) is 44.7 Å². The van der Waals surface area contributed by atoms with Gasteiger partial charge in [0.05, 0.1) is 12.2 Å². The van der Waals surface area contributed by atoms with Crippen LogP contribution in [0.5, 0.6) is 0 Å². The quantitative estimate of drug-likeness (QED) is 0.274. The summed E-state index contributed by atoms with van der Waals surface area (Å²) >= 11 is 1.63. The maximum Gasteiger partial charge on any atom is 0.193 e. The van der Waals surface area contributed by atoms with Crippen molar-refractivity contribution in [1.29, 1.82) is 0 Å². The molecule has 1 aromatic carbocycles.